The molecule has 4 aromatic rings. The van der Waals surface area contributed by atoms with Crippen LogP contribution < -0.4 is 16.6 Å². The molecule has 0 aliphatic heterocycles. The maximum atomic E-state index is 12.9. The van der Waals surface area contributed by atoms with Crippen LogP contribution >= 0.6 is 0 Å². The molecule has 0 amide bonds. The topological polar surface area (TPSA) is 84.7 Å². The van der Waals surface area contributed by atoms with Crippen LogP contribution in [-0.2, 0) is 19.6 Å². The summed E-state index contributed by atoms with van der Waals surface area (Å²) in [6.45, 7) is 7.92. The average Bonchev–Trinajstić information content (AvgIpc) is 3.19. The molecule has 0 bridgehead atoms. The monoisotopic (exact) mass is 445 g/mol. The SMILES string of the molecule is CC(C)CCn1c(CNC(C)c2ccccc2)nc2c1c(=O)[nH]c(=O)n2Cc1ccccc1. The number of fused-ring (bicyclic) bond motifs is 1. The van der Waals surface area contributed by atoms with Crippen molar-refractivity contribution in [2.45, 2.75) is 52.9 Å². The van der Waals surface area contributed by atoms with E-state index in [0.717, 1.165) is 17.8 Å². The van der Waals surface area contributed by atoms with E-state index in [1.807, 2.05) is 53.1 Å². The van der Waals surface area contributed by atoms with Crippen LogP contribution in [0.25, 0.3) is 11.2 Å². The van der Waals surface area contributed by atoms with Crippen molar-refractivity contribution >= 4 is 11.2 Å². The highest BCUT2D eigenvalue weighted by molar-refractivity contribution is 5.71. The van der Waals surface area contributed by atoms with E-state index in [4.69, 9.17) is 4.98 Å². The second kappa shape index (κ2) is 10.0. The Morgan fingerprint density at radius 3 is 2.27 bits per heavy atom. The van der Waals surface area contributed by atoms with Gasteiger partial charge in [0, 0.05) is 12.6 Å². The van der Waals surface area contributed by atoms with E-state index in [1.54, 1.807) is 4.57 Å². The zero-order valence-corrected chi connectivity index (χ0v) is 19.4. The molecule has 2 aromatic carbocycles. The Hall–Kier alpha value is -3.45. The first-order valence-corrected chi connectivity index (χ1v) is 11.5. The van der Waals surface area contributed by atoms with E-state index < -0.39 is 11.2 Å². The average molecular weight is 446 g/mol. The molecule has 2 heterocycles. The molecule has 4 rings (SSSR count). The van der Waals surface area contributed by atoms with Gasteiger partial charge in [-0.3, -0.25) is 14.3 Å². The van der Waals surface area contributed by atoms with Crippen LogP contribution in [-0.4, -0.2) is 19.1 Å². The number of imidazole rings is 1. The largest absolute Gasteiger partial charge is 0.330 e. The predicted molar refractivity (Wildman–Crippen MR) is 131 cm³/mol. The Labute approximate surface area is 193 Å². The molecule has 0 aliphatic rings. The fourth-order valence-electron chi connectivity index (χ4n) is 4.00. The van der Waals surface area contributed by atoms with Crippen molar-refractivity contribution in [2.24, 2.45) is 5.92 Å². The Morgan fingerprint density at radius 1 is 0.939 bits per heavy atom. The Balaban J connectivity index is 1.75. The normalized spacial score (nSPS) is 12.5. The summed E-state index contributed by atoms with van der Waals surface area (Å²) in [6.07, 6.45) is 0.907. The van der Waals surface area contributed by atoms with Crippen LogP contribution in [0.4, 0.5) is 0 Å². The third-order valence-electron chi connectivity index (χ3n) is 5.94. The highest BCUT2D eigenvalue weighted by Gasteiger charge is 2.19. The van der Waals surface area contributed by atoms with Gasteiger partial charge in [-0.05, 0) is 30.4 Å². The number of H-pyrrole nitrogens is 1. The summed E-state index contributed by atoms with van der Waals surface area (Å²) >= 11 is 0. The van der Waals surface area contributed by atoms with E-state index in [-0.39, 0.29) is 6.04 Å². The van der Waals surface area contributed by atoms with Crippen molar-refractivity contribution in [1.82, 2.24) is 24.4 Å². The first kappa shape index (κ1) is 22.7. The number of aromatic amines is 1. The molecule has 7 nitrogen and oxygen atoms in total. The molecule has 0 saturated carbocycles. The Bertz CT molecular complexity index is 1320. The lowest BCUT2D eigenvalue weighted by molar-refractivity contribution is 0.491. The molecule has 1 unspecified atom stereocenters. The van der Waals surface area contributed by atoms with Gasteiger partial charge in [-0.2, -0.15) is 0 Å². The lowest BCUT2D eigenvalue weighted by Gasteiger charge is -2.15. The molecule has 172 valence electrons. The number of nitrogens with zero attached hydrogens (tertiary/aromatic N) is 3. The zero-order chi connectivity index (χ0) is 23.4. The first-order valence-electron chi connectivity index (χ1n) is 11.5. The minimum atomic E-state index is -0.443. The lowest BCUT2D eigenvalue weighted by Crippen LogP contribution is -2.31. The number of hydrogen-bond donors (Lipinski definition) is 2. The molecule has 2 N–H and O–H groups in total. The second-order valence-corrected chi connectivity index (χ2v) is 8.88. The molecule has 7 heteroatoms. The van der Waals surface area contributed by atoms with Gasteiger partial charge in [0.05, 0.1) is 13.1 Å². The zero-order valence-electron chi connectivity index (χ0n) is 19.4. The molecular formula is C26H31N5O2. The standard InChI is InChI=1S/C26H31N5O2/c1-18(2)14-15-30-22(16-27-19(3)21-12-8-5-9-13-21)28-24-23(30)25(32)29-26(33)31(24)17-20-10-6-4-7-11-20/h4-13,18-19,27H,14-17H2,1-3H3,(H,29,32,33). The van der Waals surface area contributed by atoms with Gasteiger partial charge in [-0.25, -0.2) is 9.78 Å². The fraction of sp³-hybridized carbons (Fsp3) is 0.346. The number of benzene rings is 2. The van der Waals surface area contributed by atoms with Gasteiger partial charge >= 0.3 is 5.69 Å². The van der Waals surface area contributed by atoms with Gasteiger partial charge in [0.15, 0.2) is 11.2 Å². The van der Waals surface area contributed by atoms with Crippen LogP contribution in [0.5, 0.6) is 0 Å². The van der Waals surface area contributed by atoms with E-state index in [9.17, 15) is 9.59 Å². The number of rotatable bonds is 9. The fourth-order valence-corrected chi connectivity index (χ4v) is 4.00. The van der Waals surface area contributed by atoms with E-state index in [2.05, 4.69) is 43.2 Å². The van der Waals surface area contributed by atoms with E-state index in [0.29, 0.717) is 36.7 Å². The smallest absolute Gasteiger partial charge is 0.321 e. The van der Waals surface area contributed by atoms with Crippen molar-refractivity contribution < 1.29 is 0 Å². The lowest BCUT2D eigenvalue weighted by atomic mass is 10.1. The molecule has 0 spiro atoms. The van der Waals surface area contributed by atoms with Crippen molar-refractivity contribution in [3.05, 3.63) is 98.5 Å². The molecule has 2 aromatic heterocycles. The van der Waals surface area contributed by atoms with Gasteiger partial charge in [-0.15, -0.1) is 0 Å². The van der Waals surface area contributed by atoms with Crippen molar-refractivity contribution in [3.63, 3.8) is 0 Å². The summed E-state index contributed by atoms with van der Waals surface area (Å²) in [5.41, 5.74) is 2.21. The van der Waals surface area contributed by atoms with Crippen LogP contribution in [0.15, 0.2) is 70.3 Å². The van der Waals surface area contributed by atoms with Gasteiger partial charge in [0.25, 0.3) is 5.56 Å². The molecule has 0 fully saturated rings. The van der Waals surface area contributed by atoms with Gasteiger partial charge in [0.1, 0.15) is 5.82 Å². The number of aromatic nitrogens is 4. The third kappa shape index (κ3) is 5.14. The highest BCUT2D eigenvalue weighted by atomic mass is 16.2. The summed E-state index contributed by atoms with van der Waals surface area (Å²) in [6, 6.07) is 20.1. The van der Waals surface area contributed by atoms with Gasteiger partial charge in [-0.1, -0.05) is 74.5 Å². The third-order valence-corrected chi connectivity index (χ3v) is 5.94. The maximum Gasteiger partial charge on any atom is 0.330 e. The molecule has 0 aliphatic carbocycles. The maximum absolute atomic E-state index is 12.9. The number of hydrogen-bond acceptors (Lipinski definition) is 4. The summed E-state index contributed by atoms with van der Waals surface area (Å²) in [7, 11) is 0. The minimum absolute atomic E-state index is 0.120. The van der Waals surface area contributed by atoms with Crippen molar-refractivity contribution in [3.8, 4) is 0 Å². The van der Waals surface area contributed by atoms with E-state index in [1.165, 1.54) is 5.56 Å². The molecule has 0 radical (unpaired) electrons. The molecule has 1 atom stereocenters. The molecule has 33 heavy (non-hydrogen) atoms. The Kier molecular flexibility index (Phi) is 6.89. The van der Waals surface area contributed by atoms with Gasteiger partial charge in [0.2, 0.25) is 0 Å². The van der Waals surface area contributed by atoms with Crippen LogP contribution in [0.1, 0.15) is 50.2 Å². The number of aryl methyl sites for hydroxylation is 1. The quantitative estimate of drug-likeness (QED) is 0.410. The predicted octanol–water partition coefficient (Wildman–Crippen LogP) is 3.83. The first-order chi connectivity index (χ1) is 15.9. The van der Waals surface area contributed by atoms with Crippen LogP contribution in [0, 0.1) is 5.92 Å². The van der Waals surface area contributed by atoms with Crippen molar-refractivity contribution in [2.75, 3.05) is 0 Å². The van der Waals surface area contributed by atoms with E-state index >= 15 is 0 Å². The summed E-state index contributed by atoms with van der Waals surface area (Å²) in [4.78, 5) is 33.0. The van der Waals surface area contributed by atoms with Gasteiger partial charge < -0.3 is 9.88 Å². The summed E-state index contributed by atoms with van der Waals surface area (Å²) in [5.74, 6) is 1.23. The highest BCUT2D eigenvalue weighted by Crippen LogP contribution is 2.17. The molecule has 0 saturated heterocycles. The van der Waals surface area contributed by atoms with Crippen LogP contribution in [0.2, 0.25) is 0 Å². The summed E-state index contributed by atoms with van der Waals surface area (Å²) < 4.78 is 3.53. The minimum Gasteiger partial charge on any atom is -0.321 e. The second-order valence-electron chi connectivity index (χ2n) is 8.88. The Morgan fingerprint density at radius 2 is 1.61 bits per heavy atom. The van der Waals surface area contributed by atoms with Crippen LogP contribution in [0.3, 0.4) is 0 Å². The number of nitrogens with one attached hydrogen (secondary N) is 2. The molecular weight excluding hydrogens is 414 g/mol. The van der Waals surface area contributed by atoms with Crippen molar-refractivity contribution in [1.29, 1.82) is 0 Å². The summed E-state index contributed by atoms with van der Waals surface area (Å²) in [5, 5.41) is 3.52.